The Morgan fingerprint density at radius 2 is 1.86 bits per heavy atom. The summed E-state index contributed by atoms with van der Waals surface area (Å²) in [5.41, 5.74) is 0.235. The SMILES string of the molecule is O=C1CN(C(=O)Nc2ccc(Br)c(C(=O)O)c2)CC(=O)N1. The Hall–Kier alpha value is -2.42. The second kappa shape index (κ2) is 5.92. The molecule has 1 saturated heterocycles. The van der Waals surface area contributed by atoms with Crippen molar-refractivity contribution in [3.8, 4) is 0 Å². The molecule has 4 amide bonds. The van der Waals surface area contributed by atoms with Crippen LogP contribution in [0.15, 0.2) is 22.7 Å². The molecule has 0 unspecified atom stereocenters. The van der Waals surface area contributed by atoms with E-state index in [2.05, 4.69) is 26.6 Å². The van der Waals surface area contributed by atoms with Gasteiger partial charge in [-0.05, 0) is 34.1 Å². The highest BCUT2D eigenvalue weighted by atomic mass is 79.9. The Morgan fingerprint density at radius 3 is 2.43 bits per heavy atom. The number of hydrogen-bond donors (Lipinski definition) is 3. The highest BCUT2D eigenvalue weighted by Gasteiger charge is 2.26. The Balaban J connectivity index is 2.12. The summed E-state index contributed by atoms with van der Waals surface area (Å²) in [6, 6.07) is 3.60. The molecule has 8 nitrogen and oxygen atoms in total. The van der Waals surface area contributed by atoms with Crippen LogP contribution in [0.25, 0.3) is 0 Å². The minimum Gasteiger partial charge on any atom is -0.478 e. The number of urea groups is 1. The molecule has 3 N–H and O–H groups in total. The van der Waals surface area contributed by atoms with Gasteiger partial charge in [0.2, 0.25) is 11.8 Å². The molecule has 0 atom stereocenters. The van der Waals surface area contributed by atoms with E-state index < -0.39 is 23.8 Å². The predicted octanol–water partition coefficient (Wildman–Crippen LogP) is 0.638. The van der Waals surface area contributed by atoms with Crippen LogP contribution < -0.4 is 10.6 Å². The molecule has 0 saturated carbocycles. The van der Waals surface area contributed by atoms with Crippen LogP contribution in [0.4, 0.5) is 10.5 Å². The first kappa shape index (κ1) is 15.0. The second-order valence-electron chi connectivity index (χ2n) is 4.26. The van der Waals surface area contributed by atoms with E-state index in [-0.39, 0.29) is 24.3 Å². The number of nitrogens with zero attached hydrogens (tertiary/aromatic N) is 1. The van der Waals surface area contributed by atoms with Crippen LogP contribution in [0.2, 0.25) is 0 Å². The first-order valence-corrected chi connectivity index (χ1v) is 6.57. The number of anilines is 1. The van der Waals surface area contributed by atoms with Gasteiger partial charge in [0.15, 0.2) is 0 Å². The van der Waals surface area contributed by atoms with E-state index in [0.717, 1.165) is 4.90 Å². The lowest BCUT2D eigenvalue weighted by Crippen LogP contribution is -2.54. The Bertz CT molecular complexity index is 630. The van der Waals surface area contributed by atoms with Crippen molar-refractivity contribution in [2.45, 2.75) is 0 Å². The smallest absolute Gasteiger partial charge is 0.336 e. The summed E-state index contributed by atoms with van der Waals surface area (Å²) in [6.07, 6.45) is 0. The first-order valence-electron chi connectivity index (χ1n) is 5.78. The molecule has 1 aliphatic rings. The normalized spacial score (nSPS) is 14.6. The maximum atomic E-state index is 11.9. The molecule has 9 heteroatoms. The molecule has 0 bridgehead atoms. The highest BCUT2D eigenvalue weighted by molar-refractivity contribution is 9.10. The standard InChI is InChI=1S/C12H10BrN3O5/c13-8-2-1-6(3-7(8)11(19)20)14-12(21)16-4-9(17)15-10(18)5-16/h1-3H,4-5H2,(H,14,21)(H,19,20)(H,15,17,18). The van der Waals surface area contributed by atoms with Crippen molar-refractivity contribution in [3.63, 3.8) is 0 Å². The van der Waals surface area contributed by atoms with Gasteiger partial charge >= 0.3 is 12.0 Å². The maximum Gasteiger partial charge on any atom is 0.336 e. The third-order valence-corrected chi connectivity index (χ3v) is 3.37. The minimum absolute atomic E-state index is 0.0136. The van der Waals surface area contributed by atoms with Crippen molar-refractivity contribution >= 4 is 45.4 Å². The van der Waals surface area contributed by atoms with Crippen LogP contribution in [0.3, 0.4) is 0 Å². The number of carboxylic acids is 1. The zero-order valence-corrected chi connectivity index (χ0v) is 12.1. The first-order chi connectivity index (χ1) is 9.86. The molecule has 1 aromatic rings. The minimum atomic E-state index is -1.15. The number of carboxylic acid groups (broad SMARTS) is 1. The van der Waals surface area contributed by atoms with Crippen molar-refractivity contribution in [2.24, 2.45) is 0 Å². The highest BCUT2D eigenvalue weighted by Crippen LogP contribution is 2.21. The fourth-order valence-electron chi connectivity index (χ4n) is 1.75. The third kappa shape index (κ3) is 3.57. The van der Waals surface area contributed by atoms with Crippen LogP contribution >= 0.6 is 15.9 Å². The zero-order chi connectivity index (χ0) is 15.6. The number of amides is 4. The lowest BCUT2D eigenvalue weighted by atomic mass is 10.2. The van der Waals surface area contributed by atoms with E-state index in [0.29, 0.717) is 4.47 Å². The van der Waals surface area contributed by atoms with Crippen LogP contribution in [0, 0.1) is 0 Å². The molecule has 0 radical (unpaired) electrons. The van der Waals surface area contributed by atoms with Gasteiger partial charge in [-0.3, -0.25) is 14.9 Å². The summed E-state index contributed by atoms with van der Waals surface area (Å²) in [5, 5.41) is 13.5. The van der Waals surface area contributed by atoms with Gasteiger partial charge in [0.25, 0.3) is 0 Å². The molecule has 0 aliphatic carbocycles. The molecule has 21 heavy (non-hydrogen) atoms. The summed E-state index contributed by atoms with van der Waals surface area (Å²) >= 11 is 3.09. The van der Waals surface area contributed by atoms with Crippen LogP contribution in [0.1, 0.15) is 10.4 Å². The van der Waals surface area contributed by atoms with E-state index in [9.17, 15) is 19.2 Å². The summed E-state index contributed by atoms with van der Waals surface area (Å²) < 4.78 is 0.375. The van der Waals surface area contributed by atoms with Crippen molar-refractivity contribution in [3.05, 3.63) is 28.2 Å². The van der Waals surface area contributed by atoms with Gasteiger partial charge < -0.3 is 15.3 Å². The van der Waals surface area contributed by atoms with Gasteiger partial charge in [0.1, 0.15) is 13.1 Å². The molecular weight excluding hydrogens is 346 g/mol. The third-order valence-electron chi connectivity index (χ3n) is 2.68. The van der Waals surface area contributed by atoms with E-state index in [1.54, 1.807) is 0 Å². The number of hydrogen-bond acceptors (Lipinski definition) is 4. The number of aromatic carboxylic acids is 1. The van der Waals surface area contributed by atoms with Crippen molar-refractivity contribution in [1.29, 1.82) is 0 Å². The number of rotatable bonds is 2. The summed E-state index contributed by atoms with van der Waals surface area (Å²) in [4.78, 5) is 46.4. The van der Waals surface area contributed by atoms with E-state index in [1.165, 1.54) is 18.2 Å². The van der Waals surface area contributed by atoms with Gasteiger partial charge in [-0.15, -0.1) is 0 Å². The van der Waals surface area contributed by atoms with Crippen LogP contribution in [0.5, 0.6) is 0 Å². The molecule has 2 rings (SSSR count). The van der Waals surface area contributed by atoms with Gasteiger partial charge in [-0.2, -0.15) is 0 Å². The average molecular weight is 356 g/mol. The second-order valence-corrected chi connectivity index (χ2v) is 5.11. The number of carbonyl (C=O) groups excluding carboxylic acids is 3. The summed E-state index contributed by atoms with van der Waals surface area (Å²) in [7, 11) is 0. The average Bonchev–Trinajstić information content (AvgIpc) is 2.39. The van der Waals surface area contributed by atoms with Crippen molar-refractivity contribution in [1.82, 2.24) is 10.2 Å². The molecule has 1 aromatic carbocycles. The summed E-state index contributed by atoms with van der Waals surface area (Å²) in [5.74, 6) is -2.28. The van der Waals surface area contributed by atoms with Gasteiger partial charge in [-0.25, -0.2) is 9.59 Å². The lowest BCUT2D eigenvalue weighted by Gasteiger charge is -2.25. The largest absolute Gasteiger partial charge is 0.478 e. The number of carbonyl (C=O) groups is 4. The van der Waals surface area contributed by atoms with Crippen LogP contribution in [-0.2, 0) is 9.59 Å². The zero-order valence-electron chi connectivity index (χ0n) is 10.6. The number of nitrogens with one attached hydrogen (secondary N) is 2. The fraction of sp³-hybridized carbons (Fsp3) is 0.167. The van der Waals surface area contributed by atoms with Crippen molar-refractivity contribution in [2.75, 3.05) is 18.4 Å². The van der Waals surface area contributed by atoms with E-state index in [4.69, 9.17) is 5.11 Å². The fourth-order valence-corrected chi connectivity index (χ4v) is 2.17. The van der Waals surface area contributed by atoms with Gasteiger partial charge in [0, 0.05) is 10.2 Å². The molecule has 1 aliphatic heterocycles. The molecule has 0 spiro atoms. The number of piperazine rings is 1. The molecule has 1 heterocycles. The number of benzene rings is 1. The monoisotopic (exact) mass is 355 g/mol. The lowest BCUT2D eigenvalue weighted by molar-refractivity contribution is -0.134. The van der Waals surface area contributed by atoms with Gasteiger partial charge in [0.05, 0.1) is 5.56 Å². The Kier molecular flexibility index (Phi) is 4.22. The van der Waals surface area contributed by atoms with Crippen molar-refractivity contribution < 1.29 is 24.3 Å². The quantitative estimate of drug-likeness (QED) is 0.673. The Labute approximate surface area is 127 Å². The molecule has 1 fully saturated rings. The predicted molar refractivity (Wildman–Crippen MR) is 74.8 cm³/mol. The maximum absolute atomic E-state index is 11.9. The van der Waals surface area contributed by atoms with Crippen LogP contribution in [-0.4, -0.2) is 46.9 Å². The topological polar surface area (TPSA) is 116 Å². The molecule has 110 valence electrons. The number of halogens is 1. The molecule has 0 aromatic heterocycles. The van der Waals surface area contributed by atoms with E-state index in [1.807, 2.05) is 0 Å². The van der Waals surface area contributed by atoms with E-state index >= 15 is 0 Å². The Morgan fingerprint density at radius 1 is 1.24 bits per heavy atom. The number of imide groups is 1. The molecular formula is C12H10BrN3O5. The van der Waals surface area contributed by atoms with Gasteiger partial charge in [-0.1, -0.05) is 0 Å². The summed E-state index contributed by atoms with van der Waals surface area (Å²) in [6.45, 7) is -0.472.